The third kappa shape index (κ3) is 1.90. The number of halogens is 1. The number of urea groups is 1. The van der Waals surface area contributed by atoms with Crippen LogP contribution in [0.4, 0.5) is 9.18 Å². The zero-order chi connectivity index (χ0) is 15.6. The van der Waals surface area contributed by atoms with Gasteiger partial charge >= 0.3 is 6.03 Å². The third-order valence-corrected chi connectivity index (χ3v) is 6.50. The summed E-state index contributed by atoms with van der Waals surface area (Å²) in [6.45, 7) is 0.738. The van der Waals surface area contributed by atoms with E-state index < -0.39 is 0 Å². The fourth-order valence-electron chi connectivity index (χ4n) is 5.63. The maximum atomic E-state index is 14.0. The number of hydrogen-bond donors (Lipinski definition) is 1. The molecule has 3 nitrogen and oxygen atoms in total. The quantitative estimate of drug-likeness (QED) is 0.732. The van der Waals surface area contributed by atoms with Gasteiger partial charge in [0.1, 0.15) is 5.83 Å². The van der Waals surface area contributed by atoms with Crippen LogP contribution >= 0.6 is 0 Å². The van der Waals surface area contributed by atoms with Crippen LogP contribution in [0.2, 0.25) is 0 Å². The molecule has 3 aliphatic carbocycles. The SMILES string of the molecule is O=C1NC[C@H]2C[C@@H]3C4C=CC=CC4CC4C=CC(F)=CC4[C@H]3N12. The second-order valence-electron chi connectivity index (χ2n) is 7.54. The average molecular weight is 312 g/mol. The first-order valence-corrected chi connectivity index (χ1v) is 8.69. The predicted molar refractivity (Wildman–Crippen MR) is 86.1 cm³/mol. The van der Waals surface area contributed by atoms with Gasteiger partial charge in [-0.2, -0.15) is 0 Å². The molecule has 5 aliphatic rings. The average Bonchev–Trinajstić information content (AvgIpc) is 3.06. The third-order valence-electron chi connectivity index (χ3n) is 6.50. The Balaban J connectivity index is 1.61. The van der Waals surface area contributed by atoms with Crippen molar-refractivity contribution in [1.82, 2.24) is 10.2 Å². The number of carbonyl (C=O) groups is 1. The highest BCUT2D eigenvalue weighted by molar-refractivity contribution is 5.78. The van der Waals surface area contributed by atoms with Crippen LogP contribution in [0.25, 0.3) is 0 Å². The Morgan fingerprint density at radius 3 is 2.83 bits per heavy atom. The molecule has 120 valence electrons. The van der Waals surface area contributed by atoms with Crippen molar-refractivity contribution in [2.45, 2.75) is 24.9 Å². The Bertz CT molecular complexity index is 664. The molecule has 2 amide bonds. The number of nitrogens with one attached hydrogen (secondary N) is 1. The number of nitrogens with zero attached hydrogens (tertiary/aromatic N) is 1. The van der Waals surface area contributed by atoms with Crippen LogP contribution in [0, 0.1) is 29.6 Å². The lowest BCUT2D eigenvalue weighted by atomic mass is 9.75. The van der Waals surface area contributed by atoms with Gasteiger partial charge in [-0.25, -0.2) is 9.18 Å². The van der Waals surface area contributed by atoms with E-state index in [4.69, 9.17) is 0 Å². The maximum Gasteiger partial charge on any atom is 0.318 e. The number of fused-ring (bicyclic) bond motifs is 7. The van der Waals surface area contributed by atoms with E-state index in [0.717, 1.165) is 19.4 Å². The van der Waals surface area contributed by atoms with Crippen molar-refractivity contribution in [2.24, 2.45) is 29.6 Å². The molecule has 5 rings (SSSR count). The first-order chi connectivity index (χ1) is 11.2. The maximum absolute atomic E-state index is 14.0. The molecule has 23 heavy (non-hydrogen) atoms. The van der Waals surface area contributed by atoms with Crippen LogP contribution in [-0.4, -0.2) is 29.6 Å². The number of hydrogen-bond acceptors (Lipinski definition) is 1. The Labute approximate surface area is 135 Å². The van der Waals surface area contributed by atoms with E-state index in [0.29, 0.717) is 23.7 Å². The van der Waals surface area contributed by atoms with Gasteiger partial charge in [0.15, 0.2) is 0 Å². The summed E-state index contributed by atoms with van der Waals surface area (Å²) in [5.74, 6) is 1.68. The minimum absolute atomic E-state index is 0.0402. The lowest BCUT2D eigenvalue weighted by molar-refractivity contribution is 0.159. The molecule has 1 N–H and O–H groups in total. The van der Waals surface area contributed by atoms with Gasteiger partial charge < -0.3 is 10.2 Å². The van der Waals surface area contributed by atoms with E-state index >= 15 is 0 Å². The lowest BCUT2D eigenvalue weighted by Crippen LogP contribution is -2.45. The first kappa shape index (κ1) is 13.6. The van der Waals surface area contributed by atoms with Crippen LogP contribution in [0.5, 0.6) is 0 Å². The van der Waals surface area contributed by atoms with Crippen LogP contribution in [0.15, 0.2) is 48.4 Å². The van der Waals surface area contributed by atoms with E-state index in [1.54, 1.807) is 12.2 Å². The van der Waals surface area contributed by atoms with Gasteiger partial charge in [-0.1, -0.05) is 30.4 Å². The predicted octanol–water partition coefficient (Wildman–Crippen LogP) is 3.19. The molecule has 4 unspecified atom stereocenters. The Morgan fingerprint density at radius 2 is 1.91 bits per heavy atom. The summed E-state index contributed by atoms with van der Waals surface area (Å²) in [4.78, 5) is 14.4. The molecule has 2 saturated heterocycles. The van der Waals surface area contributed by atoms with E-state index in [1.165, 1.54) is 0 Å². The standard InChI is InChI=1S/C19H21FN2O/c20-13-6-5-12-7-11-3-1-2-4-15(11)17-9-14-10-21-19(23)22(14)18(17)16(12)8-13/h1-6,8,11-12,14-18H,7,9-10H2,(H,21,23)/t11?,12?,14-,15?,16?,17-,18-/m1/s1. The zero-order valence-electron chi connectivity index (χ0n) is 12.9. The topological polar surface area (TPSA) is 32.3 Å². The van der Waals surface area contributed by atoms with Crippen LogP contribution in [0.3, 0.4) is 0 Å². The summed E-state index contributed by atoms with van der Waals surface area (Å²) >= 11 is 0. The summed E-state index contributed by atoms with van der Waals surface area (Å²) in [6.07, 6.45) is 16.4. The largest absolute Gasteiger partial charge is 0.336 e. The van der Waals surface area contributed by atoms with Crippen molar-refractivity contribution >= 4 is 6.03 Å². The summed E-state index contributed by atoms with van der Waals surface area (Å²) in [5.41, 5.74) is 0. The Hall–Kier alpha value is -1.84. The molecule has 0 spiro atoms. The van der Waals surface area contributed by atoms with Gasteiger partial charge in [0.2, 0.25) is 0 Å². The highest BCUT2D eigenvalue weighted by Gasteiger charge is 2.55. The zero-order valence-corrected chi connectivity index (χ0v) is 12.9. The number of carbonyl (C=O) groups excluding carboxylic acids is 1. The molecule has 0 aromatic heterocycles. The van der Waals surface area contributed by atoms with Crippen LogP contribution in [-0.2, 0) is 0 Å². The van der Waals surface area contributed by atoms with Gasteiger partial charge in [0.25, 0.3) is 0 Å². The normalized spacial score (nSPS) is 46.5. The molecule has 0 aromatic carbocycles. The van der Waals surface area contributed by atoms with Crippen LogP contribution in [0.1, 0.15) is 12.8 Å². The molecule has 2 heterocycles. The van der Waals surface area contributed by atoms with E-state index in [1.807, 2.05) is 11.0 Å². The second-order valence-corrected chi connectivity index (χ2v) is 7.54. The van der Waals surface area contributed by atoms with Gasteiger partial charge in [-0.3, -0.25) is 0 Å². The van der Waals surface area contributed by atoms with Gasteiger partial charge in [0.05, 0.1) is 6.04 Å². The summed E-state index contributed by atoms with van der Waals surface area (Å²) in [5, 5.41) is 2.98. The van der Waals surface area contributed by atoms with E-state index in [-0.39, 0.29) is 29.9 Å². The fourth-order valence-corrected chi connectivity index (χ4v) is 5.63. The van der Waals surface area contributed by atoms with E-state index in [9.17, 15) is 9.18 Å². The van der Waals surface area contributed by atoms with Crippen molar-refractivity contribution in [1.29, 1.82) is 0 Å². The summed E-state index contributed by atoms with van der Waals surface area (Å²) in [7, 11) is 0. The lowest BCUT2D eigenvalue weighted by Gasteiger charge is -2.36. The molecule has 0 bridgehead atoms. The molecule has 0 radical (unpaired) electrons. The molecule has 4 heteroatoms. The van der Waals surface area contributed by atoms with E-state index in [2.05, 4.69) is 29.6 Å². The monoisotopic (exact) mass is 312 g/mol. The van der Waals surface area contributed by atoms with Crippen LogP contribution < -0.4 is 5.32 Å². The minimum atomic E-state index is -0.149. The molecular weight excluding hydrogens is 291 g/mol. The van der Waals surface area contributed by atoms with Crippen molar-refractivity contribution in [3.8, 4) is 0 Å². The number of rotatable bonds is 0. The molecular formula is C19H21FN2O. The molecule has 0 aromatic rings. The smallest absolute Gasteiger partial charge is 0.318 e. The van der Waals surface area contributed by atoms with Gasteiger partial charge in [0, 0.05) is 18.5 Å². The van der Waals surface area contributed by atoms with Crippen molar-refractivity contribution in [3.05, 3.63) is 48.4 Å². The van der Waals surface area contributed by atoms with Gasteiger partial charge in [-0.15, -0.1) is 0 Å². The summed E-state index contributed by atoms with van der Waals surface area (Å²) < 4.78 is 14.0. The number of allylic oxidation sites excluding steroid dienone is 7. The second kappa shape index (κ2) is 4.83. The number of amides is 2. The first-order valence-electron chi connectivity index (χ1n) is 8.69. The summed E-state index contributed by atoms with van der Waals surface area (Å²) in [6, 6.07) is 0.436. The van der Waals surface area contributed by atoms with Crippen molar-refractivity contribution < 1.29 is 9.18 Å². The fraction of sp³-hybridized carbons (Fsp3) is 0.526. The van der Waals surface area contributed by atoms with Crippen molar-refractivity contribution in [2.75, 3.05) is 6.54 Å². The highest BCUT2D eigenvalue weighted by Crippen LogP contribution is 2.52. The molecule has 1 saturated carbocycles. The van der Waals surface area contributed by atoms with Crippen molar-refractivity contribution in [3.63, 3.8) is 0 Å². The van der Waals surface area contributed by atoms with Gasteiger partial charge in [-0.05, 0) is 48.7 Å². The Morgan fingerprint density at radius 1 is 1.09 bits per heavy atom. The molecule has 3 fully saturated rings. The molecule has 2 aliphatic heterocycles. The Kier molecular flexibility index (Phi) is 2.85. The molecule has 7 atom stereocenters. The minimum Gasteiger partial charge on any atom is -0.336 e. The highest BCUT2D eigenvalue weighted by atomic mass is 19.1.